The van der Waals surface area contributed by atoms with E-state index < -0.39 is 0 Å². The summed E-state index contributed by atoms with van der Waals surface area (Å²) >= 11 is 0. The number of likely N-dealkylation sites (tertiary alicyclic amines) is 2. The number of oxazole rings is 1. The van der Waals surface area contributed by atoms with Gasteiger partial charge in [0.1, 0.15) is 11.2 Å². The van der Waals surface area contributed by atoms with Gasteiger partial charge >= 0.3 is 0 Å². The van der Waals surface area contributed by atoms with Crippen molar-refractivity contribution in [2.24, 2.45) is 11.8 Å². The van der Waals surface area contributed by atoms with Gasteiger partial charge in [-0.3, -0.25) is 9.59 Å². The summed E-state index contributed by atoms with van der Waals surface area (Å²) in [6.45, 7) is 3.10. The van der Waals surface area contributed by atoms with Crippen LogP contribution in [0.2, 0.25) is 0 Å². The van der Waals surface area contributed by atoms with Crippen LogP contribution in [0.4, 0.5) is 0 Å². The van der Waals surface area contributed by atoms with E-state index in [0.29, 0.717) is 34.6 Å². The molecule has 172 valence electrons. The van der Waals surface area contributed by atoms with E-state index >= 15 is 0 Å². The first-order chi connectivity index (χ1) is 16.7. The number of amides is 2. The number of nitrogens with zero attached hydrogens (tertiary/aromatic N) is 3. The van der Waals surface area contributed by atoms with E-state index in [-0.39, 0.29) is 11.8 Å². The number of rotatable bonds is 4. The fourth-order valence-corrected chi connectivity index (χ4v) is 5.13. The molecule has 2 aliphatic heterocycles. The average molecular weight is 455 g/mol. The molecular formula is C27H26N4O3. The molecule has 0 saturated carbocycles. The Hall–Kier alpha value is -3.87. The second-order valence-corrected chi connectivity index (χ2v) is 9.25. The van der Waals surface area contributed by atoms with Crippen LogP contribution in [0.25, 0.3) is 22.6 Å². The molecule has 1 N–H and O–H groups in total. The van der Waals surface area contributed by atoms with Gasteiger partial charge in [0, 0.05) is 43.5 Å². The van der Waals surface area contributed by atoms with Gasteiger partial charge in [0.15, 0.2) is 5.58 Å². The van der Waals surface area contributed by atoms with E-state index in [9.17, 15) is 9.59 Å². The second kappa shape index (κ2) is 8.48. The Kier molecular flexibility index (Phi) is 5.17. The molecule has 2 aromatic heterocycles. The van der Waals surface area contributed by atoms with Gasteiger partial charge in [0.25, 0.3) is 11.8 Å². The van der Waals surface area contributed by atoms with Crippen LogP contribution in [-0.4, -0.2) is 57.8 Å². The lowest BCUT2D eigenvalue weighted by molar-refractivity contribution is 0.0225. The number of nitrogens with one attached hydrogen (secondary N) is 1. The second-order valence-electron chi connectivity index (χ2n) is 9.25. The molecular weight excluding hydrogens is 428 g/mol. The smallest absolute Gasteiger partial charge is 0.270 e. The highest BCUT2D eigenvalue weighted by Gasteiger charge is 2.38. The highest BCUT2D eigenvalue weighted by Crippen LogP contribution is 2.33. The van der Waals surface area contributed by atoms with Crippen molar-refractivity contribution in [2.75, 3.05) is 26.2 Å². The lowest BCUT2D eigenvalue weighted by Gasteiger charge is -2.46. The number of benzene rings is 2. The van der Waals surface area contributed by atoms with Crippen LogP contribution in [0.15, 0.2) is 71.3 Å². The molecule has 0 spiro atoms. The lowest BCUT2D eigenvalue weighted by atomic mass is 9.79. The molecule has 6 rings (SSSR count). The van der Waals surface area contributed by atoms with Crippen LogP contribution < -0.4 is 0 Å². The molecule has 34 heavy (non-hydrogen) atoms. The molecule has 0 unspecified atom stereocenters. The molecule has 0 bridgehead atoms. The maximum atomic E-state index is 13.2. The van der Waals surface area contributed by atoms with Crippen LogP contribution >= 0.6 is 0 Å². The topological polar surface area (TPSA) is 82.4 Å². The fourth-order valence-electron chi connectivity index (χ4n) is 5.13. The predicted octanol–water partition coefficient (Wildman–Crippen LogP) is 4.45. The Balaban J connectivity index is 1.06. The van der Waals surface area contributed by atoms with Crippen molar-refractivity contribution in [2.45, 2.75) is 12.8 Å². The largest absolute Gasteiger partial charge is 0.436 e. The number of piperidine rings is 1. The highest BCUT2D eigenvalue weighted by molar-refractivity contribution is 5.97. The van der Waals surface area contributed by atoms with E-state index in [0.717, 1.165) is 50.1 Å². The van der Waals surface area contributed by atoms with E-state index in [1.54, 1.807) is 12.3 Å². The number of aromatic nitrogens is 2. The number of carbonyl (C=O) groups excluding carboxylic acids is 2. The van der Waals surface area contributed by atoms with Gasteiger partial charge in [0.05, 0.1) is 0 Å². The van der Waals surface area contributed by atoms with Crippen molar-refractivity contribution >= 4 is 22.9 Å². The van der Waals surface area contributed by atoms with Crippen molar-refractivity contribution < 1.29 is 14.0 Å². The third kappa shape index (κ3) is 3.77. The maximum Gasteiger partial charge on any atom is 0.270 e. The standard InChI is InChI=1S/C27H26N4O3/c32-26(20-8-9-22-24(15-20)34-25(29-22)19-5-2-1-3-6-19)30-13-10-18(11-14-30)21-16-31(17-21)27(33)23-7-4-12-28-23/h1-9,12,15,18,21,28H,10-11,13-14,16-17H2. The predicted molar refractivity (Wildman–Crippen MR) is 128 cm³/mol. The molecule has 2 saturated heterocycles. The van der Waals surface area contributed by atoms with Crippen molar-refractivity contribution in [3.8, 4) is 11.5 Å². The summed E-state index contributed by atoms with van der Waals surface area (Å²) in [6, 6.07) is 18.9. The zero-order valence-corrected chi connectivity index (χ0v) is 18.8. The Morgan fingerprint density at radius 2 is 1.68 bits per heavy atom. The molecule has 4 aromatic rings. The summed E-state index contributed by atoms with van der Waals surface area (Å²) < 4.78 is 5.94. The minimum atomic E-state index is 0.0372. The van der Waals surface area contributed by atoms with Gasteiger partial charge in [-0.1, -0.05) is 18.2 Å². The molecule has 0 aliphatic carbocycles. The summed E-state index contributed by atoms with van der Waals surface area (Å²) in [7, 11) is 0. The van der Waals surface area contributed by atoms with Gasteiger partial charge in [-0.25, -0.2) is 4.98 Å². The van der Waals surface area contributed by atoms with E-state index in [2.05, 4.69) is 9.97 Å². The Labute approximate surface area is 197 Å². The number of H-pyrrole nitrogens is 1. The highest BCUT2D eigenvalue weighted by atomic mass is 16.3. The average Bonchev–Trinajstić information content (AvgIpc) is 3.53. The van der Waals surface area contributed by atoms with Gasteiger partial charge in [-0.05, 0) is 67.1 Å². The quantitative estimate of drug-likeness (QED) is 0.494. The summed E-state index contributed by atoms with van der Waals surface area (Å²) in [5.74, 6) is 1.76. The van der Waals surface area contributed by atoms with Crippen LogP contribution in [0, 0.1) is 11.8 Å². The third-order valence-electron chi connectivity index (χ3n) is 7.17. The first kappa shape index (κ1) is 20.7. The minimum absolute atomic E-state index is 0.0372. The van der Waals surface area contributed by atoms with Gasteiger partial charge < -0.3 is 19.2 Å². The van der Waals surface area contributed by atoms with E-state index in [1.807, 2.05) is 64.4 Å². The number of fused-ring (bicyclic) bond motifs is 1. The Morgan fingerprint density at radius 3 is 2.41 bits per heavy atom. The van der Waals surface area contributed by atoms with Crippen molar-refractivity contribution in [3.05, 3.63) is 78.1 Å². The SMILES string of the molecule is O=C(c1ccc2nc(-c3ccccc3)oc2c1)N1CCC(C2CN(C(=O)c3ccc[nH]3)C2)CC1. The number of hydrogen-bond acceptors (Lipinski definition) is 4. The van der Waals surface area contributed by atoms with Crippen LogP contribution in [-0.2, 0) is 0 Å². The first-order valence-corrected chi connectivity index (χ1v) is 11.8. The zero-order chi connectivity index (χ0) is 23.1. The lowest BCUT2D eigenvalue weighted by Crippen LogP contribution is -2.54. The normalized spacial score (nSPS) is 17.2. The molecule has 0 radical (unpaired) electrons. The molecule has 4 heterocycles. The first-order valence-electron chi connectivity index (χ1n) is 11.8. The molecule has 2 fully saturated rings. The van der Waals surface area contributed by atoms with Crippen LogP contribution in [0.1, 0.15) is 33.7 Å². The third-order valence-corrected chi connectivity index (χ3v) is 7.17. The van der Waals surface area contributed by atoms with E-state index in [4.69, 9.17) is 4.42 Å². The fraction of sp³-hybridized carbons (Fsp3) is 0.296. The van der Waals surface area contributed by atoms with Crippen LogP contribution in [0.3, 0.4) is 0 Å². The maximum absolute atomic E-state index is 13.2. The monoisotopic (exact) mass is 454 g/mol. The Morgan fingerprint density at radius 1 is 0.882 bits per heavy atom. The molecule has 7 heteroatoms. The van der Waals surface area contributed by atoms with E-state index in [1.165, 1.54) is 0 Å². The van der Waals surface area contributed by atoms with Gasteiger partial charge in [-0.15, -0.1) is 0 Å². The summed E-state index contributed by atoms with van der Waals surface area (Å²) in [5, 5.41) is 0. The van der Waals surface area contributed by atoms with Gasteiger partial charge in [-0.2, -0.15) is 0 Å². The molecule has 2 aromatic carbocycles. The summed E-state index contributed by atoms with van der Waals surface area (Å²) in [6.07, 6.45) is 3.73. The summed E-state index contributed by atoms with van der Waals surface area (Å²) in [4.78, 5) is 37.0. The summed E-state index contributed by atoms with van der Waals surface area (Å²) in [5.41, 5.74) is 3.57. The zero-order valence-electron chi connectivity index (χ0n) is 18.8. The van der Waals surface area contributed by atoms with Crippen LogP contribution in [0.5, 0.6) is 0 Å². The minimum Gasteiger partial charge on any atom is -0.436 e. The van der Waals surface area contributed by atoms with Gasteiger partial charge in [0.2, 0.25) is 5.89 Å². The molecule has 7 nitrogen and oxygen atoms in total. The number of aromatic amines is 1. The molecule has 2 aliphatic rings. The van der Waals surface area contributed by atoms with Crippen molar-refractivity contribution in [3.63, 3.8) is 0 Å². The van der Waals surface area contributed by atoms with Crippen molar-refractivity contribution in [1.29, 1.82) is 0 Å². The number of hydrogen-bond donors (Lipinski definition) is 1. The number of carbonyl (C=O) groups is 2. The Bertz CT molecular complexity index is 1310. The van der Waals surface area contributed by atoms with Crippen molar-refractivity contribution in [1.82, 2.24) is 19.8 Å². The molecule has 0 atom stereocenters. The molecule has 2 amide bonds.